The van der Waals surface area contributed by atoms with Gasteiger partial charge in [-0.1, -0.05) is 44.2 Å². The highest BCUT2D eigenvalue weighted by atomic mass is 16.5. The molecule has 0 radical (unpaired) electrons. The summed E-state index contributed by atoms with van der Waals surface area (Å²) in [5.41, 5.74) is 0.0869. The van der Waals surface area contributed by atoms with Gasteiger partial charge in [0, 0.05) is 0 Å². The molecule has 1 fully saturated rings. The van der Waals surface area contributed by atoms with Crippen molar-refractivity contribution in [2.75, 3.05) is 13.2 Å². The van der Waals surface area contributed by atoms with Gasteiger partial charge < -0.3 is 15.2 Å². The molecule has 1 aliphatic rings. The van der Waals surface area contributed by atoms with Crippen LogP contribution in [0.1, 0.15) is 26.3 Å². The topological polar surface area (TPSA) is 78.9 Å². The lowest BCUT2D eigenvalue weighted by Gasteiger charge is -2.26. The second-order valence-electron chi connectivity index (χ2n) is 6.36. The fraction of sp³-hybridized carbons (Fsp3) is 0.529. The Labute approximate surface area is 136 Å². The van der Waals surface area contributed by atoms with Crippen LogP contribution in [-0.2, 0) is 16.1 Å². The molecule has 23 heavy (non-hydrogen) atoms. The molecule has 0 bridgehead atoms. The number of ether oxygens (including phenoxy) is 1. The largest absolute Gasteiger partial charge is 0.389 e. The molecule has 2 rings (SSSR count). The van der Waals surface area contributed by atoms with Crippen LogP contribution in [0.25, 0.3) is 0 Å². The van der Waals surface area contributed by atoms with Gasteiger partial charge in [0.15, 0.2) is 0 Å². The zero-order chi connectivity index (χ0) is 17.0. The van der Waals surface area contributed by atoms with Crippen molar-refractivity contribution in [3.8, 4) is 0 Å². The van der Waals surface area contributed by atoms with Crippen molar-refractivity contribution in [3.05, 3.63) is 35.9 Å². The van der Waals surface area contributed by atoms with Gasteiger partial charge in [-0.3, -0.25) is 9.69 Å². The van der Waals surface area contributed by atoms with Crippen LogP contribution >= 0.6 is 0 Å². The van der Waals surface area contributed by atoms with E-state index in [2.05, 4.69) is 5.32 Å². The summed E-state index contributed by atoms with van der Waals surface area (Å²) in [6.45, 7) is 5.83. The molecule has 2 N–H and O–H groups in total. The summed E-state index contributed by atoms with van der Waals surface area (Å²) >= 11 is 0. The zero-order valence-corrected chi connectivity index (χ0v) is 13.8. The number of hydrogen-bond donors (Lipinski definition) is 2. The summed E-state index contributed by atoms with van der Waals surface area (Å²) in [5.74, 6) is -0.338. The lowest BCUT2D eigenvalue weighted by atomic mass is 9.88. The van der Waals surface area contributed by atoms with Crippen LogP contribution in [-0.4, -0.2) is 46.7 Å². The van der Waals surface area contributed by atoms with E-state index in [0.29, 0.717) is 6.61 Å². The standard InChI is InChI=1S/C17H24N2O4/c1-12(2)17(3)15(21)19(16(22)18-17)9-14(20)11-23-10-13-7-5-4-6-8-13/h4-8,12,14,20H,9-11H2,1-3H3,(H,18,22)/t14-,17-/m0/s1. The summed E-state index contributed by atoms with van der Waals surface area (Å²) in [5, 5.41) is 12.7. The van der Waals surface area contributed by atoms with Crippen LogP contribution in [0.5, 0.6) is 0 Å². The summed E-state index contributed by atoms with van der Waals surface area (Å²) in [6, 6.07) is 9.13. The molecule has 3 amide bonds. The van der Waals surface area contributed by atoms with E-state index in [1.165, 1.54) is 0 Å². The highest BCUT2D eigenvalue weighted by Crippen LogP contribution is 2.25. The average molecular weight is 320 g/mol. The minimum atomic E-state index is -0.915. The van der Waals surface area contributed by atoms with Crippen molar-refractivity contribution >= 4 is 11.9 Å². The van der Waals surface area contributed by atoms with E-state index in [1.807, 2.05) is 44.2 Å². The molecular weight excluding hydrogens is 296 g/mol. The van der Waals surface area contributed by atoms with Gasteiger partial charge in [-0.05, 0) is 18.4 Å². The molecule has 0 saturated carbocycles. The van der Waals surface area contributed by atoms with Crippen molar-refractivity contribution in [3.63, 3.8) is 0 Å². The monoisotopic (exact) mass is 320 g/mol. The summed E-state index contributed by atoms with van der Waals surface area (Å²) < 4.78 is 5.44. The number of β-amino-alcohol motifs (C(OH)–C–C–N with tert-alkyl or cyclic N) is 1. The van der Waals surface area contributed by atoms with Gasteiger partial charge in [0.25, 0.3) is 5.91 Å². The summed E-state index contributed by atoms with van der Waals surface area (Å²) in [7, 11) is 0. The second-order valence-corrected chi connectivity index (χ2v) is 6.36. The molecule has 0 spiro atoms. The molecule has 1 heterocycles. The summed E-state index contributed by atoms with van der Waals surface area (Å²) in [4.78, 5) is 25.4. The first-order valence-corrected chi connectivity index (χ1v) is 7.78. The Hall–Kier alpha value is -1.92. The van der Waals surface area contributed by atoms with Crippen molar-refractivity contribution in [2.24, 2.45) is 5.92 Å². The van der Waals surface area contributed by atoms with Gasteiger partial charge >= 0.3 is 6.03 Å². The molecule has 1 aromatic carbocycles. The van der Waals surface area contributed by atoms with E-state index in [1.54, 1.807) is 6.92 Å². The Balaban J connectivity index is 1.84. The minimum Gasteiger partial charge on any atom is -0.389 e. The molecule has 0 aromatic heterocycles. The maximum absolute atomic E-state index is 12.4. The van der Waals surface area contributed by atoms with E-state index in [0.717, 1.165) is 10.5 Å². The van der Waals surface area contributed by atoms with Crippen LogP contribution in [0.3, 0.4) is 0 Å². The van der Waals surface area contributed by atoms with Crippen LogP contribution in [0.15, 0.2) is 30.3 Å². The van der Waals surface area contributed by atoms with Crippen LogP contribution < -0.4 is 5.32 Å². The third-order valence-corrected chi connectivity index (χ3v) is 4.27. The van der Waals surface area contributed by atoms with Crippen molar-refractivity contribution in [1.29, 1.82) is 0 Å². The number of amides is 3. The number of imide groups is 1. The molecule has 126 valence electrons. The molecule has 2 atom stereocenters. The molecule has 6 nitrogen and oxygen atoms in total. The van der Waals surface area contributed by atoms with Gasteiger partial charge in [0.2, 0.25) is 0 Å². The van der Waals surface area contributed by atoms with Gasteiger partial charge in [-0.25, -0.2) is 4.79 Å². The van der Waals surface area contributed by atoms with Crippen LogP contribution in [0, 0.1) is 5.92 Å². The highest BCUT2D eigenvalue weighted by molar-refractivity contribution is 6.06. The van der Waals surface area contributed by atoms with Gasteiger partial charge in [0.05, 0.1) is 25.9 Å². The Bertz CT molecular complexity index is 561. The Morgan fingerprint density at radius 3 is 2.48 bits per heavy atom. The molecule has 1 aromatic rings. The maximum atomic E-state index is 12.4. The predicted molar refractivity (Wildman–Crippen MR) is 85.6 cm³/mol. The van der Waals surface area contributed by atoms with E-state index in [4.69, 9.17) is 4.74 Å². The molecule has 6 heteroatoms. The van der Waals surface area contributed by atoms with Crippen LogP contribution in [0.2, 0.25) is 0 Å². The minimum absolute atomic E-state index is 0.0320. The number of benzene rings is 1. The maximum Gasteiger partial charge on any atom is 0.325 e. The van der Waals surface area contributed by atoms with Gasteiger partial charge in [-0.2, -0.15) is 0 Å². The van der Waals surface area contributed by atoms with Crippen molar-refractivity contribution < 1.29 is 19.4 Å². The number of carbonyl (C=O) groups is 2. The smallest absolute Gasteiger partial charge is 0.325 e. The van der Waals surface area contributed by atoms with E-state index >= 15 is 0 Å². The number of nitrogens with one attached hydrogen (secondary N) is 1. The third-order valence-electron chi connectivity index (χ3n) is 4.27. The van der Waals surface area contributed by atoms with Crippen molar-refractivity contribution in [1.82, 2.24) is 10.2 Å². The SMILES string of the molecule is CC(C)[C@]1(C)NC(=O)N(C[C@H](O)COCc2ccccc2)C1=O. The first-order chi connectivity index (χ1) is 10.8. The molecular formula is C17H24N2O4. The van der Waals surface area contributed by atoms with Crippen molar-refractivity contribution in [2.45, 2.75) is 39.0 Å². The van der Waals surface area contributed by atoms with E-state index in [-0.39, 0.29) is 25.0 Å². The number of nitrogens with zero attached hydrogens (tertiary/aromatic N) is 1. The Morgan fingerprint density at radius 2 is 1.91 bits per heavy atom. The Morgan fingerprint density at radius 1 is 1.26 bits per heavy atom. The lowest BCUT2D eigenvalue weighted by molar-refractivity contribution is -0.133. The number of aliphatic hydroxyl groups is 1. The molecule has 0 aliphatic carbocycles. The second kappa shape index (κ2) is 7.10. The summed E-state index contributed by atoms with van der Waals surface area (Å²) in [6.07, 6.45) is -0.914. The number of hydrogen-bond acceptors (Lipinski definition) is 4. The third kappa shape index (κ3) is 3.89. The molecule has 0 unspecified atom stereocenters. The number of rotatable bonds is 7. The number of urea groups is 1. The van der Waals surface area contributed by atoms with Gasteiger partial charge in [-0.15, -0.1) is 0 Å². The molecule has 1 aliphatic heterocycles. The average Bonchev–Trinajstić information content (AvgIpc) is 2.73. The van der Waals surface area contributed by atoms with E-state index < -0.39 is 17.7 Å². The number of aliphatic hydroxyl groups excluding tert-OH is 1. The first-order valence-electron chi connectivity index (χ1n) is 7.78. The highest BCUT2D eigenvalue weighted by Gasteiger charge is 2.49. The first kappa shape index (κ1) is 17.4. The number of carbonyl (C=O) groups excluding carboxylic acids is 2. The predicted octanol–water partition coefficient (Wildman–Crippen LogP) is 1.53. The molecule has 1 saturated heterocycles. The van der Waals surface area contributed by atoms with Gasteiger partial charge in [0.1, 0.15) is 5.54 Å². The quantitative estimate of drug-likeness (QED) is 0.747. The Kier molecular flexibility index (Phi) is 5.38. The fourth-order valence-electron chi connectivity index (χ4n) is 2.42. The normalized spacial score (nSPS) is 22.6. The van der Waals surface area contributed by atoms with Crippen LogP contribution in [0.4, 0.5) is 4.79 Å². The zero-order valence-electron chi connectivity index (χ0n) is 13.8. The lowest BCUT2D eigenvalue weighted by Crippen LogP contribution is -2.49. The van der Waals surface area contributed by atoms with E-state index in [9.17, 15) is 14.7 Å². The fourth-order valence-corrected chi connectivity index (χ4v) is 2.42.